The molecule has 0 spiro atoms. The van der Waals surface area contributed by atoms with Gasteiger partial charge >= 0.3 is 5.97 Å². The molecule has 0 unspecified atom stereocenters. The van der Waals surface area contributed by atoms with Crippen molar-refractivity contribution in [2.45, 2.75) is 117 Å². The van der Waals surface area contributed by atoms with Crippen LogP contribution in [0.25, 0.3) is 0 Å². The van der Waals surface area contributed by atoms with Crippen molar-refractivity contribution < 1.29 is 23.4 Å². The fourth-order valence-electron chi connectivity index (χ4n) is 4.16. The highest BCUT2D eigenvalue weighted by atomic mass is 19.3. The van der Waals surface area contributed by atoms with Gasteiger partial charge in [0, 0.05) is 18.6 Å². The van der Waals surface area contributed by atoms with Crippen molar-refractivity contribution >= 4 is 5.97 Å². The van der Waals surface area contributed by atoms with Crippen LogP contribution in [0, 0.1) is 5.41 Å². The smallest absolute Gasteiger partial charge is 0.356 e. The molecule has 7 heteroatoms. The van der Waals surface area contributed by atoms with Crippen LogP contribution in [0.3, 0.4) is 0 Å². The maximum Gasteiger partial charge on any atom is 0.356 e. The molecule has 0 amide bonds. The second kappa shape index (κ2) is 11.9. The summed E-state index contributed by atoms with van der Waals surface area (Å²) in [4.78, 5) is 11.4. The standard InChI is InChI=1S/C24H40F2N2O3/c1-23(2,3)14-11-9-7-5-4-6-8-10-12-16-31-18-28-20-17-24(25,26)15-13-19(20)21(27-28)22(29)30/h4-18H2,1-3H3,(H,29,30). The Labute approximate surface area is 185 Å². The van der Waals surface area contributed by atoms with Crippen molar-refractivity contribution in [3.63, 3.8) is 0 Å². The van der Waals surface area contributed by atoms with Gasteiger partial charge in [0.25, 0.3) is 5.92 Å². The molecule has 178 valence electrons. The number of carboxylic acids is 1. The van der Waals surface area contributed by atoms with Crippen LogP contribution in [-0.2, 0) is 24.3 Å². The molecule has 0 aromatic carbocycles. The topological polar surface area (TPSA) is 64.4 Å². The summed E-state index contributed by atoms with van der Waals surface area (Å²) in [6, 6.07) is 0. The number of fused-ring (bicyclic) bond motifs is 1. The minimum Gasteiger partial charge on any atom is -0.476 e. The molecule has 0 saturated heterocycles. The predicted molar refractivity (Wildman–Crippen MR) is 118 cm³/mol. The summed E-state index contributed by atoms with van der Waals surface area (Å²) in [5.74, 6) is -3.98. The lowest BCUT2D eigenvalue weighted by molar-refractivity contribution is -0.0171. The van der Waals surface area contributed by atoms with Gasteiger partial charge in [0.1, 0.15) is 6.73 Å². The number of halogens is 2. The Hall–Kier alpha value is -1.50. The lowest BCUT2D eigenvalue weighted by atomic mass is 9.89. The van der Waals surface area contributed by atoms with Gasteiger partial charge in [-0.1, -0.05) is 72.1 Å². The second-order valence-corrected chi connectivity index (χ2v) is 10.1. The number of carbonyl (C=O) groups is 1. The molecule has 1 aliphatic carbocycles. The average Bonchev–Trinajstić information content (AvgIpc) is 3.01. The Morgan fingerprint density at radius 1 is 1.06 bits per heavy atom. The van der Waals surface area contributed by atoms with E-state index in [1.807, 2.05) is 0 Å². The van der Waals surface area contributed by atoms with Crippen molar-refractivity contribution in [3.05, 3.63) is 17.0 Å². The predicted octanol–water partition coefficient (Wildman–Crippen LogP) is 6.63. The highest BCUT2D eigenvalue weighted by Crippen LogP contribution is 2.34. The zero-order chi connectivity index (χ0) is 22.9. The molecule has 1 aromatic heterocycles. The number of rotatable bonds is 14. The van der Waals surface area contributed by atoms with Gasteiger partial charge in [0.2, 0.25) is 0 Å². The van der Waals surface area contributed by atoms with E-state index in [1.165, 1.54) is 56.0 Å². The van der Waals surface area contributed by atoms with Crippen molar-refractivity contribution in [3.8, 4) is 0 Å². The van der Waals surface area contributed by atoms with E-state index in [1.54, 1.807) is 0 Å². The Morgan fingerprint density at radius 3 is 2.23 bits per heavy atom. The van der Waals surface area contributed by atoms with Crippen molar-refractivity contribution in [1.82, 2.24) is 9.78 Å². The molecule has 1 heterocycles. The fraction of sp³-hybridized carbons (Fsp3) is 0.833. The minimum atomic E-state index is -2.81. The molecule has 1 aromatic rings. The Morgan fingerprint density at radius 2 is 1.65 bits per heavy atom. The summed E-state index contributed by atoms with van der Waals surface area (Å²) in [5, 5.41) is 13.3. The number of aromatic carboxylic acids is 1. The SMILES string of the molecule is CC(C)(C)CCCCCCCCCCCOCn1nc(C(=O)O)c2c1CC(F)(F)CC2. The number of unbranched alkanes of at least 4 members (excludes halogenated alkanes) is 8. The van der Waals surface area contributed by atoms with Gasteiger partial charge in [0.15, 0.2) is 5.69 Å². The van der Waals surface area contributed by atoms with Gasteiger partial charge in [-0.2, -0.15) is 5.10 Å². The van der Waals surface area contributed by atoms with E-state index in [0.29, 0.717) is 23.3 Å². The quantitative estimate of drug-likeness (QED) is 0.329. The van der Waals surface area contributed by atoms with Crippen LogP contribution in [0.2, 0.25) is 0 Å². The third kappa shape index (κ3) is 9.26. The lowest BCUT2D eigenvalue weighted by Gasteiger charge is -2.22. The van der Waals surface area contributed by atoms with Crippen molar-refractivity contribution in [1.29, 1.82) is 0 Å². The number of hydrogen-bond donors (Lipinski definition) is 1. The molecular weight excluding hydrogens is 402 g/mol. The van der Waals surface area contributed by atoms with Crippen LogP contribution in [0.15, 0.2) is 0 Å². The molecule has 0 fully saturated rings. The fourth-order valence-corrected chi connectivity index (χ4v) is 4.16. The normalized spacial score (nSPS) is 15.8. The van der Waals surface area contributed by atoms with E-state index < -0.39 is 18.3 Å². The average molecular weight is 443 g/mol. The molecular formula is C24H40F2N2O3. The maximum atomic E-state index is 13.8. The first-order valence-corrected chi connectivity index (χ1v) is 11.9. The summed E-state index contributed by atoms with van der Waals surface area (Å²) in [6.45, 7) is 7.45. The molecule has 0 saturated carbocycles. The number of ether oxygens (including phenoxy) is 1. The summed E-state index contributed by atoms with van der Waals surface area (Å²) in [6.07, 6.45) is 11.5. The minimum absolute atomic E-state index is 0.0280. The molecule has 5 nitrogen and oxygen atoms in total. The molecule has 0 bridgehead atoms. The largest absolute Gasteiger partial charge is 0.476 e. The zero-order valence-electron chi connectivity index (χ0n) is 19.5. The van der Waals surface area contributed by atoms with Crippen LogP contribution in [-0.4, -0.2) is 33.4 Å². The Balaban J connectivity index is 1.56. The number of carboxylic acid groups (broad SMARTS) is 1. The van der Waals surface area contributed by atoms with Gasteiger partial charge in [-0.15, -0.1) is 0 Å². The van der Waals surface area contributed by atoms with E-state index in [9.17, 15) is 18.7 Å². The third-order valence-corrected chi connectivity index (χ3v) is 5.96. The Kier molecular flexibility index (Phi) is 9.91. The molecule has 0 aliphatic heterocycles. The summed E-state index contributed by atoms with van der Waals surface area (Å²) >= 11 is 0. The zero-order valence-corrected chi connectivity index (χ0v) is 19.5. The number of hydrogen-bond acceptors (Lipinski definition) is 3. The van der Waals surface area contributed by atoms with Crippen molar-refractivity contribution in [2.24, 2.45) is 5.41 Å². The molecule has 31 heavy (non-hydrogen) atoms. The van der Waals surface area contributed by atoms with Crippen LogP contribution < -0.4 is 0 Å². The summed E-state index contributed by atoms with van der Waals surface area (Å²) in [7, 11) is 0. The number of aromatic nitrogens is 2. The van der Waals surface area contributed by atoms with Gasteiger partial charge < -0.3 is 9.84 Å². The monoisotopic (exact) mass is 442 g/mol. The van der Waals surface area contributed by atoms with E-state index in [-0.39, 0.29) is 25.3 Å². The van der Waals surface area contributed by atoms with Crippen molar-refractivity contribution in [2.75, 3.05) is 6.61 Å². The molecule has 2 rings (SSSR count). The van der Waals surface area contributed by atoms with Crippen LogP contribution in [0.5, 0.6) is 0 Å². The van der Waals surface area contributed by atoms with Crippen LogP contribution in [0.1, 0.15) is 113 Å². The maximum absolute atomic E-state index is 13.8. The molecule has 1 aliphatic rings. The number of alkyl halides is 2. The van der Waals surface area contributed by atoms with Crippen LogP contribution >= 0.6 is 0 Å². The molecule has 1 N–H and O–H groups in total. The highest BCUT2D eigenvalue weighted by Gasteiger charge is 2.39. The van der Waals surface area contributed by atoms with Gasteiger partial charge in [-0.3, -0.25) is 0 Å². The van der Waals surface area contributed by atoms with E-state index in [2.05, 4.69) is 25.9 Å². The van der Waals surface area contributed by atoms with Gasteiger partial charge in [0.05, 0.1) is 12.1 Å². The first-order valence-electron chi connectivity index (χ1n) is 11.9. The van der Waals surface area contributed by atoms with Crippen LogP contribution in [0.4, 0.5) is 8.78 Å². The first-order chi connectivity index (χ1) is 14.6. The molecule has 0 radical (unpaired) electrons. The van der Waals surface area contributed by atoms with E-state index in [0.717, 1.165) is 12.8 Å². The summed E-state index contributed by atoms with van der Waals surface area (Å²) < 4.78 is 34.5. The highest BCUT2D eigenvalue weighted by molar-refractivity contribution is 5.87. The first kappa shape index (κ1) is 25.8. The summed E-state index contributed by atoms with van der Waals surface area (Å²) in [5.41, 5.74) is 1.06. The third-order valence-electron chi connectivity index (χ3n) is 5.96. The Bertz CT molecular complexity index is 696. The van der Waals surface area contributed by atoms with Gasteiger partial charge in [-0.05, 0) is 24.7 Å². The second-order valence-electron chi connectivity index (χ2n) is 10.1. The lowest BCUT2D eigenvalue weighted by Crippen LogP contribution is -2.28. The number of nitrogens with zero attached hydrogens (tertiary/aromatic N) is 2. The molecule has 0 atom stereocenters. The van der Waals surface area contributed by atoms with Gasteiger partial charge in [-0.25, -0.2) is 18.3 Å². The van der Waals surface area contributed by atoms with E-state index >= 15 is 0 Å². The van der Waals surface area contributed by atoms with E-state index in [4.69, 9.17) is 4.74 Å².